The van der Waals surface area contributed by atoms with Gasteiger partial charge in [0.15, 0.2) is 0 Å². The van der Waals surface area contributed by atoms with Crippen LogP contribution in [0.25, 0.3) is 0 Å². The molecule has 0 amide bonds. The van der Waals surface area contributed by atoms with E-state index in [4.69, 9.17) is 4.74 Å². The van der Waals surface area contributed by atoms with Gasteiger partial charge < -0.3 is 10.1 Å². The van der Waals surface area contributed by atoms with Gasteiger partial charge in [-0.25, -0.2) is 0 Å². The fourth-order valence-electron chi connectivity index (χ4n) is 3.24. The van der Waals surface area contributed by atoms with Gasteiger partial charge in [-0.2, -0.15) is 0 Å². The van der Waals surface area contributed by atoms with Crippen LogP contribution < -0.4 is 10.1 Å². The highest BCUT2D eigenvalue weighted by molar-refractivity contribution is 5.32. The summed E-state index contributed by atoms with van der Waals surface area (Å²) in [4.78, 5) is 4.17. The normalized spacial score (nSPS) is 17.9. The van der Waals surface area contributed by atoms with Gasteiger partial charge in [-0.3, -0.25) is 4.98 Å². The molecule has 112 valence electrons. The number of hydrogen-bond donors (Lipinski definition) is 1. The molecule has 1 aromatic heterocycles. The highest BCUT2D eigenvalue weighted by Gasteiger charge is 2.22. The summed E-state index contributed by atoms with van der Waals surface area (Å²) in [7, 11) is 1.73. The van der Waals surface area contributed by atoms with Gasteiger partial charge in [-0.15, -0.1) is 0 Å². The number of pyridine rings is 1. The first kappa shape index (κ1) is 15.3. The van der Waals surface area contributed by atoms with E-state index in [1.165, 1.54) is 44.1 Å². The summed E-state index contributed by atoms with van der Waals surface area (Å²) in [5, 5.41) is 3.70. The third-order valence-corrected chi connectivity index (χ3v) is 4.35. The molecule has 0 aromatic carbocycles. The Morgan fingerprint density at radius 3 is 2.85 bits per heavy atom. The minimum Gasteiger partial charge on any atom is -0.495 e. The van der Waals surface area contributed by atoms with Crippen molar-refractivity contribution in [3.05, 3.63) is 24.0 Å². The molecular weight excluding hydrogens is 248 g/mol. The van der Waals surface area contributed by atoms with E-state index in [1.807, 2.05) is 12.4 Å². The van der Waals surface area contributed by atoms with Crippen LogP contribution in [0.4, 0.5) is 0 Å². The molecule has 0 saturated heterocycles. The molecule has 1 aliphatic rings. The lowest BCUT2D eigenvalue weighted by Crippen LogP contribution is -2.25. The standard InChI is InChI=1S/C17H28N2O/c1-3-10-19-16(12-14-7-5-4-6-8-14)15-9-11-18-13-17(15)20-2/h9,11,13-14,16,19H,3-8,10,12H2,1-2H3. The summed E-state index contributed by atoms with van der Waals surface area (Å²) in [6.45, 7) is 3.28. The number of rotatable bonds is 7. The number of ether oxygens (including phenoxy) is 1. The molecule has 1 saturated carbocycles. The van der Waals surface area contributed by atoms with E-state index in [2.05, 4.69) is 23.3 Å². The van der Waals surface area contributed by atoms with E-state index in [-0.39, 0.29) is 0 Å². The van der Waals surface area contributed by atoms with E-state index < -0.39 is 0 Å². The first-order chi connectivity index (χ1) is 9.85. The maximum Gasteiger partial charge on any atom is 0.141 e. The van der Waals surface area contributed by atoms with E-state index in [1.54, 1.807) is 7.11 Å². The van der Waals surface area contributed by atoms with Crippen molar-refractivity contribution in [2.24, 2.45) is 5.92 Å². The Kier molecular flexibility index (Phi) is 6.31. The fourth-order valence-corrected chi connectivity index (χ4v) is 3.24. The first-order valence-electron chi connectivity index (χ1n) is 8.06. The molecule has 1 heterocycles. The van der Waals surface area contributed by atoms with Gasteiger partial charge in [-0.1, -0.05) is 39.0 Å². The maximum absolute atomic E-state index is 5.49. The average Bonchev–Trinajstić information content (AvgIpc) is 2.52. The Bertz CT molecular complexity index is 388. The number of methoxy groups -OCH3 is 1. The third kappa shape index (κ3) is 4.20. The smallest absolute Gasteiger partial charge is 0.141 e. The second-order valence-electron chi connectivity index (χ2n) is 5.86. The Labute approximate surface area is 123 Å². The van der Waals surface area contributed by atoms with Crippen molar-refractivity contribution < 1.29 is 4.74 Å². The summed E-state index contributed by atoms with van der Waals surface area (Å²) in [5.74, 6) is 1.77. The van der Waals surface area contributed by atoms with Gasteiger partial charge in [0, 0.05) is 17.8 Å². The molecule has 1 fully saturated rings. The zero-order chi connectivity index (χ0) is 14.2. The van der Waals surface area contributed by atoms with Crippen LogP contribution in [0.3, 0.4) is 0 Å². The first-order valence-corrected chi connectivity index (χ1v) is 8.06. The van der Waals surface area contributed by atoms with Gasteiger partial charge in [0.25, 0.3) is 0 Å². The van der Waals surface area contributed by atoms with Crippen molar-refractivity contribution in [2.75, 3.05) is 13.7 Å². The van der Waals surface area contributed by atoms with Crippen LogP contribution in [-0.4, -0.2) is 18.6 Å². The third-order valence-electron chi connectivity index (χ3n) is 4.35. The summed E-state index contributed by atoms with van der Waals surface area (Å²) < 4.78 is 5.49. The van der Waals surface area contributed by atoms with Crippen molar-refractivity contribution >= 4 is 0 Å². The molecule has 1 aliphatic carbocycles. The minimum atomic E-state index is 0.399. The van der Waals surface area contributed by atoms with Gasteiger partial charge in [0.05, 0.1) is 13.3 Å². The number of hydrogen-bond acceptors (Lipinski definition) is 3. The Balaban J connectivity index is 2.08. The summed E-state index contributed by atoms with van der Waals surface area (Å²) in [5.41, 5.74) is 1.27. The number of nitrogens with one attached hydrogen (secondary N) is 1. The minimum absolute atomic E-state index is 0.399. The van der Waals surface area contributed by atoms with Crippen LogP contribution in [0.2, 0.25) is 0 Å². The van der Waals surface area contributed by atoms with Crippen LogP contribution >= 0.6 is 0 Å². The molecule has 1 atom stereocenters. The Morgan fingerprint density at radius 2 is 2.15 bits per heavy atom. The lowest BCUT2D eigenvalue weighted by atomic mass is 9.83. The molecule has 1 aromatic rings. The molecule has 3 heteroatoms. The molecule has 20 heavy (non-hydrogen) atoms. The van der Waals surface area contributed by atoms with Crippen molar-refractivity contribution in [1.29, 1.82) is 0 Å². The second kappa shape index (κ2) is 8.25. The highest BCUT2D eigenvalue weighted by atomic mass is 16.5. The predicted octanol–water partition coefficient (Wildman–Crippen LogP) is 4.10. The predicted molar refractivity (Wildman–Crippen MR) is 83.0 cm³/mol. The molecule has 0 spiro atoms. The molecule has 3 nitrogen and oxygen atoms in total. The topological polar surface area (TPSA) is 34.2 Å². The van der Waals surface area contributed by atoms with Crippen molar-refractivity contribution in [3.63, 3.8) is 0 Å². The Hall–Kier alpha value is -1.09. The Morgan fingerprint density at radius 1 is 1.35 bits per heavy atom. The van der Waals surface area contributed by atoms with E-state index in [0.717, 1.165) is 24.6 Å². The molecular formula is C17H28N2O. The zero-order valence-corrected chi connectivity index (χ0v) is 12.9. The van der Waals surface area contributed by atoms with Gasteiger partial charge in [0.2, 0.25) is 0 Å². The summed E-state index contributed by atoms with van der Waals surface area (Å²) in [6, 6.07) is 2.51. The molecule has 2 rings (SSSR count). The lowest BCUT2D eigenvalue weighted by molar-refractivity contribution is 0.295. The quantitative estimate of drug-likeness (QED) is 0.814. The number of aromatic nitrogens is 1. The largest absolute Gasteiger partial charge is 0.495 e. The van der Waals surface area contributed by atoms with Crippen LogP contribution in [0.5, 0.6) is 5.75 Å². The zero-order valence-electron chi connectivity index (χ0n) is 12.9. The van der Waals surface area contributed by atoms with Gasteiger partial charge in [-0.05, 0) is 31.4 Å². The van der Waals surface area contributed by atoms with Crippen LogP contribution in [0.1, 0.15) is 63.5 Å². The van der Waals surface area contributed by atoms with Crippen LogP contribution in [0.15, 0.2) is 18.5 Å². The molecule has 0 radical (unpaired) electrons. The van der Waals surface area contributed by atoms with E-state index in [9.17, 15) is 0 Å². The maximum atomic E-state index is 5.49. The second-order valence-corrected chi connectivity index (χ2v) is 5.86. The van der Waals surface area contributed by atoms with Gasteiger partial charge in [0.1, 0.15) is 5.75 Å². The molecule has 1 unspecified atom stereocenters. The van der Waals surface area contributed by atoms with Gasteiger partial charge >= 0.3 is 0 Å². The molecule has 1 N–H and O–H groups in total. The SMILES string of the molecule is CCCNC(CC1CCCCC1)c1ccncc1OC. The van der Waals surface area contributed by atoms with E-state index >= 15 is 0 Å². The monoisotopic (exact) mass is 276 g/mol. The number of nitrogens with zero attached hydrogens (tertiary/aromatic N) is 1. The van der Waals surface area contributed by atoms with Crippen molar-refractivity contribution in [1.82, 2.24) is 10.3 Å². The molecule has 0 aliphatic heterocycles. The lowest BCUT2D eigenvalue weighted by Gasteiger charge is -2.28. The van der Waals surface area contributed by atoms with Crippen LogP contribution in [0, 0.1) is 5.92 Å². The highest BCUT2D eigenvalue weighted by Crippen LogP contribution is 2.34. The van der Waals surface area contributed by atoms with Crippen LogP contribution in [-0.2, 0) is 0 Å². The molecule has 0 bridgehead atoms. The van der Waals surface area contributed by atoms with E-state index in [0.29, 0.717) is 6.04 Å². The summed E-state index contributed by atoms with van der Waals surface area (Å²) in [6.07, 6.45) is 13.1. The average molecular weight is 276 g/mol. The van der Waals surface area contributed by atoms with Crippen molar-refractivity contribution in [2.45, 2.75) is 57.9 Å². The summed E-state index contributed by atoms with van der Waals surface area (Å²) >= 11 is 0. The fraction of sp³-hybridized carbons (Fsp3) is 0.706. The van der Waals surface area contributed by atoms with Crippen molar-refractivity contribution in [3.8, 4) is 5.75 Å².